The van der Waals surface area contributed by atoms with Crippen molar-refractivity contribution in [3.8, 4) is 11.4 Å². The summed E-state index contributed by atoms with van der Waals surface area (Å²) in [6.07, 6.45) is 1.96. The Balaban J connectivity index is 1.52. The number of anilines is 1. The van der Waals surface area contributed by atoms with Gasteiger partial charge in [0.2, 0.25) is 5.91 Å². The van der Waals surface area contributed by atoms with Crippen LogP contribution in [-0.4, -0.2) is 31.4 Å². The lowest BCUT2D eigenvalue weighted by atomic mass is 10.1. The molecule has 2 heterocycles. The molecule has 0 unspecified atom stereocenters. The van der Waals surface area contributed by atoms with Crippen molar-refractivity contribution in [2.45, 2.75) is 18.6 Å². The number of rotatable bonds is 6. The summed E-state index contributed by atoms with van der Waals surface area (Å²) >= 11 is 1.39. The SMILES string of the molecule is CCn1c(SCC(=O)Nc2ccccc2)nnc1-c1c[nH]c2ccccc12. The number of benzene rings is 2. The zero-order valence-corrected chi connectivity index (χ0v) is 15.7. The maximum Gasteiger partial charge on any atom is 0.234 e. The molecule has 0 aliphatic rings. The lowest BCUT2D eigenvalue weighted by Gasteiger charge is -2.07. The molecule has 2 aromatic carbocycles. The van der Waals surface area contributed by atoms with Crippen LogP contribution in [0.3, 0.4) is 0 Å². The van der Waals surface area contributed by atoms with Crippen molar-refractivity contribution in [2.24, 2.45) is 0 Å². The first-order chi connectivity index (χ1) is 13.3. The number of nitrogens with zero attached hydrogens (tertiary/aromatic N) is 3. The van der Waals surface area contributed by atoms with Crippen molar-refractivity contribution >= 4 is 34.3 Å². The van der Waals surface area contributed by atoms with E-state index in [-0.39, 0.29) is 11.7 Å². The first-order valence-corrected chi connectivity index (χ1v) is 9.72. The number of aromatic amines is 1. The molecule has 0 aliphatic heterocycles. The second-order valence-electron chi connectivity index (χ2n) is 6.00. The van der Waals surface area contributed by atoms with Gasteiger partial charge < -0.3 is 14.9 Å². The minimum atomic E-state index is -0.0644. The summed E-state index contributed by atoms with van der Waals surface area (Å²) in [5.74, 6) is 1.02. The number of aromatic nitrogens is 4. The molecule has 0 spiro atoms. The van der Waals surface area contributed by atoms with Gasteiger partial charge in [0, 0.05) is 34.9 Å². The Morgan fingerprint density at radius 2 is 1.89 bits per heavy atom. The molecule has 0 aliphatic carbocycles. The standard InChI is InChI=1S/C20H19N5OS/c1-2-25-19(16-12-21-17-11-7-6-10-15(16)17)23-24-20(25)27-13-18(26)22-14-8-4-3-5-9-14/h3-12,21H,2,13H2,1H3,(H,22,26). The van der Waals surface area contributed by atoms with E-state index in [2.05, 4.69) is 33.5 Å². The largest absolute Gasteiger partial charge is 0.360 e. The molecular formula is C20H19N5OS. The molecule has 0 saturated heterocycles. The molecule has 0 atom stereocenters. The van der Waals surface area contributed by atoms with Gasteiger partial charge in [0.1, 0.15) is 0 Å². The van der Waals surface area contributed by atoms with Crippen LogP contribution in [0.15, 0.2) is 66.0 Å². The molecule has 0 radical (unpaired) electrons. The molecule has 27 heavy (non-hydrogen) atoms. The highest BCUT2D eigenvalue weighted by atomic mass is 32.2. The zero-order chi connectivity index (χ0) is 18.6. The van der Waals surface area contributed by atoms with Crippen LogP contribution in [0.2, 0.25) is 0 Å². The third kappa shape index (κ3) is 3.59. The Hall–Kier alpha value is -3.06. The smallest absolute Gasteiger partial charge is 0.234 e. The number of para-hydroxylation sites is 2. The van der Waals surface area contributed by atoms with E-state index in [4.69, 9.17) is 0 Å². The molecule has 0 bridgehead atoms. The van der Waals surface area contributed by atoms with Crippen LogP contribution in [0.1, 0.15) is 6.92 Å². The van der Waals surface area contributed by atoms with Crippen molar-refractivity contribution in [1.29, 1.82) is 0 Å². The summed E-state index contributed by atoms with van der Waals surface area (Å²) in [7, 11) is 0. The van der Waals surface area contributed by atoms with Crippen LogP contribution in [0.4, 0.5) is 5.69 Å². The Morgan fingerprint density at radius 3 is 2.70 bits per heavy atom. The Morgan fingerprint density at radius 1 is 1.11 bits per heavy atom. The molecule has 6 nitrogen and oxygen atoms in total. The number of amides is 1. The van der Waals surface area contributed by atoms with E-state index >= 15 is 0 Å². The third-order valence-corrected chi connectivity index (χ3v) is 5.22. The Bertz CT molecular complexity index is 1070. The monoisotopic (exact) mass is 377 g/mol. The van der Waals surface area contributed by atoms with E-state index in [1.807, 2.05) is 59.3 Å². The van der Waals surface area contributed by atoms with Gasteiger partial charge in [-0.15, -0.1) is 10.2 Å². The number of H-pyrrole nitrogens is 1. The lowest BCUT2D eigenvalue weighted by Crippen LogP contribution is -2.14. The summed E-state index contributed by atoms with van der Waals surface area (Å²) in [6.45, 7) is 2.78. The quantitative estimate of drug-likeness (QED) is 0.494. The van der Waals surface area contributed by atoms with Crippen LogP contribution in [-0.2, 0) is 11.3 Å². The van der Waals surface area contributed by atoms with Crippen LogP contribution in [0, 0.1) is 0 Å². The summed E-state index contributed by atoms with van der Waals surface area (Å²) < 4.78 is 2.04. The highest BCUT2D eigenvalue weighted by Gasteiger charge is 2.17. The predicted octanol–water partition coefficient (Wildman–Crippen LogP) is 4.18. The van der Waals surface area contributed by atoms with Gasteiger partial charge in [-0.2, -0.15) is 0 Å². The van der Waals surface area contributed by atoms with E-state index in [1.165, 1.54) is 11.8 Å². The van der Waals surface area contributed by atoms with Crippen LogP contribution < -0.4 is 5.32 Å². The predicted molar refractivity (Wildman–Crippen MR) is 109 cm³/mol. The number of carbonyl (C=O) groups is 1. The minimum Gasteiger partial charge on any atom is -0.360 e. The van der Waals surface area contributed by atoms with Crippen molar-refractivity contribution < 1.29 is 4.79 Å². The van der Waals surface area contributed by atoms with Gasteiger partial charge in [-0.1, -0.05) is 48.2 Å². The van der Waals surface area contributed by atoms with Crippen LogP contribution >= 0.6 is 11.8 Å². The van der Waals surface area contributed by atoms with E-state index in [1.54, 1.807) is 0 Å². The van der Waals surface area contributed by atoms with Crippen LogP contribution in [0.25, 0.3) is 22.3 Å². The van der Waals surface area contributed by atoms with Crippen molar-refractivity contribution in [1.82, 2.24) is 19.7 Å². The number of nitrogens with one attached hydrogen (secondary N) is 2. The number of hydrogen-bond donors (Lipinski definition) is 2. The minimum absolute atomic E-state index is 0.0644. The molecule has 2 N–H and O–H groups in total. The van der Waals surface area contributed by atoms with E-state index in [0.717, 1.165) is 39.7 Å². The Labute approximate surface area is 161 Å². The third-order valence-electron chi connectivity index (χ3n) is 4.25. The molecular weight excluding hydrogens is 358 g/mol. The molecule has 2 aromatic heterocycles. The van der Waals surface area contributed by atoms with Gasteiger partial charge in [-0.25, -0.2) is 0 Å². The van der Waals surface area contributed by atoms with E-state index in [0.29, 0.717) is 0 Å². The normalized spacial score (nSPS) is 11.0. The topological polar surface area (TPSA) is 75.6 Å². The molecule has 0 fully saturated rings. The fraction of sp³-hybridized carbons (Fsp3) is 0.150. The van der Waals surface area contributed by atoms with Gasteiger partial charge >= 0.3 is 0 Å². The summed E-state index contributed by atoms with van der Waals surface area (Å²) in [5, 5.41) is 13.4. The van der Waals surface area contributed by atoms with E-state index < -0.39 is 0 Å². The van der Waals surface area contributed by atoms with Crippen molar-refractivity contribution in [3.63, 3.8) is 0 Å². The molecule has 1 amide bonds. The summed E-state index contributed by atoms with van der Waals surface area (Å²) in [6, 6.07) is 17.5. The summed E-state index contributed by atoms with van der Waals surface area (Å²) in [5.41, 5.74) is 2.87. The number of fused-ring (bicyclic) bond motifs is 1. The summed E-state index contributed by atoms with van der Waals surface area (Å²) in [4.78, 5) is 15.5. The average molecular weight is 377 g/mol. The van der Waals surface area contributed by atoms with Gasteiger partial charge in [0.15, 0.2) is 11.0 Å². The maximum absolute atomic E-state index is 12.2. The maximum atomic E-state index is 12.2. The molecule has 136 valence electrons. The first-order valence-electron chi connectivity index (χ1n) is 8.73. The first kappa shape index (κ1) is 17.4. The van der Waals surface area contributed by atoms with Gasteiger partial charge in [0.05, 0.1) is 5.75 Å². The average Bonchev–Trinajstić information content (AvgIpc) is 3.30. The highest BCUT2D eigenvalue weighted by molar-refractivity contribution is 7.99. The number of thioether (sulfide) groups is 1. The molecule has 4 rings (SSSR count). The highest BCUT2D eigenvalue weighted by Crippen LogP contribution is 2.29. The Kier molecular flexibility index (Phi) is 4.93. The van der Waals surface area contributed by atoms with E-state index in [9.17, 15) is 4.79 Å². The number of carbonyl (C=O) groups excluding carboxylic acids is 1. The second-order valence-corrected chi connectivity index (χ2v) is 6.94. The fourth-order valence-corrected chi connectivity index (χ4v) is 3.79. The molecule has 7 heteroatoms. The van der Waals surface area contributed by atoms with Crippen LogP contribution in [0.5, 0.6) is 0 Å². The number of hydrogen-bond acceptors (Lipinski definition) is 4. The second kappa shape index (κ2) is 7.67. The van der Waals surface area contributed by atoms with Gasteiger partial charge in [0.25, 0.3) is 0 Å². The lowest BCUT2D eigenvalue weighted by molar-refractivity contribution is -0.113. The van der Waals surface area contributed by atoms with Gasteiger partial charge in [-0.05, 0) is 25.1 Å². The van der Waals surface area contributed by atoms with Crippen molar-refractivity contribution in [3.05, 3.63) is 60.8 Å². The van der Waals surface area contributed by atoms with Crippen molar-refractivity contribution in [2.75, 3.05) is 11.1 Å². The zero-order valence-electron chi connectivity index (χ0n) is 14.8. The molecule has 0 saturated carbocycles. The molecule has 4 aromatic rings. The fourth-order valence-electron chi connectivity index (χ4n) is 2.98. The van der Waals surface area contributed by atoms with Gasteiger partial charge in [-0.3, -0.25) is 4.79 Å².